The summed E-state index contributed by atoms with van der Waals surface area (Å²) in [5.74, 6) is 3.14. The molecule has 0 spiro atoms. The third-order valence-electron chi connectivity index (χ3n) is 4.01. The van der Waals surface area contributed by atoms with Crippen LogP contribution < -0.4 is 10.6 Å². The number of aryl methyl sites for hydroxylation is 1. The van der Waals surface area contributed by atoms with E-state index in [1.54, 1.807) is 6.33 Å². The lowest BCUT2D eigenvalue weighted by Crippen LogP contribution is -2.43. The van der Waals surface area contributed by atoms with Gasteiger partial charge in [-0.2, -0.15) is 11.8 Å². The zero-order valence-electron chi connectivity index (χ0n) is 14.3. The number of nitrogens with zero attached hydrogens (tertiary/aromatic N) is 4. The quantitative estimate of drug-likeness (QED) is 0.378. The van der Waals surface area contributed by atoms with Crippen molar-refractivity contribution in [1.82, 2.24) is 25.4 Å². The molecule has 1 aromatic rings. The molecule has 2 rings (SSSR count). The maximum atomic E-state index is 4.33. The van der Waals surface area contributed by atoms with E-state index in [9.17, 15) is 0 Å². The average molecular weight is 452 g/mol. The van der Waals surface area contributed by atoms with Gasteiger partial charge in [0.25, 0.3) is 0 Å². The van der Waals surface area contributed by atoms with Crippen LogP contribution in [0.25, 0.3) is 0 Å². The lowest BCUT2D eigenvalue weighted by molar-refractivity contribution is 0.595. The van der Waals surface area contributed by atoms with Crippen molar-refractivity contribution in [2.45, 2.75) is 57.4 Å². The molecule has 2 unspecified atom stereocenters. The van der Waals surface area contributed by atoms with Gasteiger partial charge in [-0.1, -0.05) is 13.8 Å². The van der Waals surface area contributed by atoms with E-state index in [1.807, 2.05) is 7.05 Å². The Morgan fingerprint density at radius 2 is 2.26 bits per heavy atom. The van der Waals surface area contributed by atoms with Crippen LogP contribution in [0.1, 0.15) is 38.9 Å². The van der Waals surface area contributed by atoms with Crippen molar-refractivity contribution in [3.63, 3.8) is 0 Å². The maximum absolute atomic E-state index is 4.33. The fourth-order valence-corrected chi connectivity index (χ4v) is 4.02. The molecule has 1 fully saturated rings. The Kier molecular flexibility index (Phi) is 9.92. The minimum atomic E-state index is 0. The molecule has 23 heavy (non-hydrogen) atoms. The Morgan fingerprint density at radius 1 is 1.43 bits per heavy atom. The molecule has 2 N–H and O–H groups in total. The van der Waals surface area contributed by atoms with Crippen LogP contribution in [-0.2, 0) is 13.0 Å². The molecule has 0 radical (unpaired) electrons. The van der Waals surface area contributed by atoms with Crippen LogP contribution in [0, 0.1) is 0 Å². The number of hydrogen-bond acceptors (Lipinski definition) is 4. The van der Waals surface area contributed by atoms with E-state index in [0.29, 0.717) is 6.04 Å². The van der Waals surface area contributed by atoms with Crippen molar-refractivity contribution in [2.75, 3.05) is 19.3 Å². The number of rotatable bonds is 7. The van der Waals surface area contributed by atoms with Crippen LogP contribution in [0.2, 0.25) is 0 Å². The molecular weight excluding hydrogens is 423 g/mol. The standard InChI is InChI=1S/C15H28N6S.HI/c1-4-14-20-18-11-21(14)9-8-17-15(16-3)19-12-6-7-13(10-12)22-5-2;/h11-13H,4-10H2,1-3H3,(H2,16,17,19);1H. The molecule has 1 heterocycles. The van der Waals surface area contributed by atoms with Crippen LogP contribution in [0.4, 0.5) is 0 Å². The van der Waals surface area contributed by atoms with E-state index in [1.165, 1.54) is 25.0 Å². The fraction of sp³-hybridized carbons (Fsp3) is 0.800. The lowest BCUT2D eigenvalue weighted by Gasteiger charge is -2.17. The van der Waals surface area contributed by atoms with Gasteiger partial charge < -0.3 is 15.2 Å². The maximum Gasteiger partial charge on any atom is 0.191 e. The molecule has 0 saturated heterocycles. The van der Waals surface area contributed by atoms with Gasteiger partial charge in [0.1, 0.15) is 12.2 Å². The average Bonchev–Trinajstić information content (AvgIpc) is 3.15. The summed E-state index contributed by atoms with van der Waals surface area (Å²) in [4.78, 5) is 4.33. The number of thioether (sulfide) groups is 1. The van der Waals surface area contributed by atoms with Gasteiger partial charge >= 0.3 is 0 Å². The van der Waals surface area contributed by atoms with Gasteiger partial charge in [0.2, 0.25) is 0 Å². The van der Waals surface area contributed by atoms with E-state index in [-0.39, 0.29) is 24.0 Å². The Morgan fingerprint density at radius 3 is 2.96 bits per heavy atom. The van der Waals surface area contributed by atoms with Gasteiger partial charge in [0.15, 0.2) is 5.96 Å². The smallest absolute Gasteiger partial charge is 0.191 e. The molecule has 0 aliphatic heterocycles. The van der Waals surface area contributed by atoms with Crippen LogP contribution in [0.5, 0.6) is 0 Å². The number of hydrogen-bond donors (Lipinski definition) is 2. The van der Waals surface area contributed by atoms with E-state index < -0.39 is 0 Å². The molecule has 0 bridgehead atoms. The minimum absolute atomic E-state index is 0. The van der Waals surface area contributed by atoms with Crippen molar-refractivity contribution >= 4 is 41.7 Å². The summed E-state index contributed by atoms with van der Waals surface area (Å²) in [6.45, 7) is 6.01. The second kappa shape index (κ2) is 11.1. The Bertz CT molecular complexity index is 478. The molecule has 1 saturated carbocycles. The van der Waals surface area contributed by atoms with Gasteiger partial charge in [-0.15, -0.1) is 34.2 Å². The molecule has 8 heteroatoms. The summed E-state index contributed by atoms with van der Waals surface area (Å²) < 4.78 is 2.09. The second-order valence-electron chi connectivity index (χ2n) is 5.52. The predicted octanol–water partition coefficient (Wildman–Crippen LogP) is 2.30. The van der Waals surface area contributed by atoms with Gasteiger partial charge in [-0.25, -0.2) is 0 Å². The number of nitrogens with one attached hydrogen (secondary N) is 2. The first-order valence-electron chi connectivity index (χ1n) is 8.22. The van der Waals surface area contributed by atoms with E-state index in [0.717, 1.165) is 36.5 Å². The SMILES string of the molecule is CCSC1CCC(NC(=NC)NCCn2cnnc2CC)C1.I. The lowest BCUT2D eigenvalue weighted by atomic mass is 10.2. The Labute approximate surface area is 160 Å². The zero-order valence-corrected chi connectivity index (χ0v) is 17.4. The summed E-state index contributed by atoms with van der Waals surface area (Å²) in [6.07, 6.45) is 6.49. The number of guanidine groups is 1. The van der Waals surface area contributed by atoms with Crippen molar-refractivity contribution < 1.29 is 0 Å². The summed E-state index contributed by atoms with van der Waals surface area (Å²) in [7, 11) is 1.83. The monoisotopic (exact) mass is 452 g/mol. The highest BCUT2D eigenvalue weighted by Gasteiger charge is 2.24. The van der Waals surface area contributed by atoms with Gasteiger partial charge in [-0.3, -0.25) is 4.99 Å². The normalized spacial score (nSPS) is 21.1. The Hall–Kier alpha value is -0.510. The first-order chi connectivity index (χ1) is 10.8. The Balaban J connectivity index is 0.00000264. The van der Waals surface area contributed by atoms with E-state index >= 15 is 0 Å². The summed E-state index contributed by atoms with van der Waals surface area (Å²) in [5, 5.41) is 15.8. The van der Waals surface area contributed by atoms with Crippen LogP contribution >= 0.6 is 35.7 Å². The van der Waals surface area contributed by atoms with Crippen molar-refractivity contribution in [2.24, 2.45) is 4.99 Å². The zero-order chi connectivity index (χ0) is 15.8. The van der Waals surface area contributed by atoms with E-state index in [2.05, 4.69) is 56.0 Å². The number of aromatic nitrogens is 3. The van der Waals surface area contributed by atoms with Crippen molar-refractivity contribution in [3.8, 4) is 0 Å². The molecule has 1 aliphatic rings. The molecular formula is C15H29IN6S. The second-order valence-corrected chi connectivity index (χ2v) is 7.10. The molecule has 6 nitrogen and oxygen atoms in total. The van der Waals surface area contributed by atoms with Crippen molar-refractivity contribution in [1.29, 1.82) is 0 Å². The molecule has 2 atom stereocenters. The van der Waals surface area contributed by atoms with Crippen LogP contribution in [-0.4, -0.2) is 51.4 Å². The number of halogens is 1. The first-order valence-corrected chi connectivity index (χ1v) is 9.27. The largest absolute Gasteiger partial charge is 0.355 e. The third-order valence-corrected chi connectivity index (χ3v) is 5.24. The van der Waals surface area contributed by atoms with Gasteiger partial charge in [-0.05, 0) is 25.0 Å². The molecule has 0 amide bonds. The van der Waals surface area contributed by atoms with Crippen LogP contribution in [0.3, 0.4) is 0 Å². The number of aliphatic imine (C=N–C) groups is 1. The van der Waals surface area contributed by atoms with Crippen molar-refractivity contribution in [3.05, 3.63) is 12.2 Å². The highest BCUT2D eigenvalue weighted by atomic mass is 127. The van der Waals surface area contributed by atoms with Gasteiger partial charge in [0.05, 0.1) is 0 Å². The first kappa shape index (κ1) is 20.5. The summed E-state index contributed by atoms with van der Waals surface area (Å²) in [6, 6.07) is 0.552. The fourth-order valence-electron chi connectivity index (χ4n) is 2.88. The minimum Gasteiger partial charge on any atom is -0.355 e. The highest BCUT2D eigenvalue weighted by Crippen LogP contribution is 2.29. The molecule has 0 aromatic carbocycles. The summed E-state index contributed by atoms with van der Waals surface area (Å²) in [5.41, 5.74) is 0. The highest BCUT2D eigenvalue weighted by molar-refractivity contribution is 14.0. The predicted molar refractivity (Wildman–Crippen MR) is 109 cm³/mol. The van der Waals surface area contributed by atoms with Crippen LogP contribution in [0.15, 0.2) is 11.3 Å². The third kappa shape index (κ3) is 6.48. The molecule has 132 valence electrons. The van der Waals surface area contributed by atoms with Gasteiger partial charge in [0, 0.05) is 37.8 Å². The molecule has 1 aliphatic carbocycles. The topological polar surface area (TPSA) is 67.1 Å². The summed E-state index contributed by atoms with van der Waals surface area (Å²) >= 11 is 2.08. The molecule has 1 aromatic heterocycles. The van der Waals surface area contributed by atoms with E-state index in [4.69, 9.17) is 0 Å².